The maximum Gasteiger partial charge on any atom is 1.00 e. The molecule has 0 aliphatic heterocycles. The predicted octanol–water partition coefficient (Wildman–Crippen LogP) is -2.25. The molecule has 0 aromatic carbocycles. The Morgan fingerprint density at radius 3 is 1.80 bits per heavy atom. The second-order valence-corrected chi connectivity index (χ2v) is 2.39. The van der Waals surface area contributed by atoms with Crippen molar-refractivity contribution >= 4 is 41.0 Å². The summed E-state index contributed by atoms with van der Waals surface area (Å²) >= 11 is 11.9. The van der Waals surface area contributed by atoms with Crippen LogP contribution in [0.5, 0.6) is 0 Å². The van der Waals surface area contributed by atoms with Gasteiger partial charge in [-0.1, -0.05) is 3.53 Å². The molecule has 0 heterocycles. The van der Waals surface area contributed by atoms with Crippen LogP contribution in [-0.2, 0) is 12.6 Å². The van der Waals surface area contributed by atoms with Gasteiger partial charge in [0.25, 0.3) is 0 Å². The van der Waals surface area contributed by atoms with Crippen molar-refractivity contribution in [3.05, 3.63) is 0 Å². The van der Waals surface area contributed by atoms with Gasteiger partial charge < -0.3 is 24.8 Å². The van der Waals surface area contributed by atoms with Crippen LogP contribution in [0.1, 0.15) is 0 Å². The fourth-order valence-corrected chi connectivity index (χ4v) is 0. The fourth-order valence-electron chi connectivity index (χ4n) is 0. The van der Waals surface area contributed by atoms with E-state index in [1.165, 1.54) is 0 Å². The summed E-state index contributed by atoms with van der Waals surface area (Å²) in [5.74, 6) is 0. The molecule has 0 radical (unpaired) electrons. The number of rotatable bonds is 0. The molecule has 0 unspecified atom stereocenters. The third-order valence-corrected chi connectivity index (χ3v) is 0. The van der Waals surface area contributed by atoms with E-state index >= 15 is 0 Å². The maximum absolute atomic E-state index is 4.22. The summed E-state index contributed by atoms with van der Waals surface area (Å²) in [5.41, 5.74) is 0. The molecule has 0 atom stereocenters. The molecule has 4 heteroatoms. The zero-order chi connectivity index (χ0) is 3.58. The Balaban J connectivity index is 0. The normalized spacial score (nSPS) is 5.00. The van der Waals surface area contributed by atoms with Gasteiger partial charge in [-0.25, -0.2) is 0 Å². The van der Waals surface area contributed by atoms with Crippen molar-refractivity contribution in [2.75, 3.05) is 0 Å². The number of hydrogen-bond donors (Lipinski definition) is 1. The monoisotopic (exact) mass is 132 g/mol. The van der Waals surface area contributed by atoms with Gasteiger partial charge in [0.15, 0.2) is 0 Å². The van der Waals surface area contributed by atoms with Crippen molar-refractivity contribution in [1.82, 2.24) is 0 Å². The molecule has 5 heavy (non-hydrogen) atoms. The quantitative estimate of drug-likeness (QED) is 0.171. The Morgan fingerprint density at radius 2 is 1.80 bits per heavy atom. The molecule has 0 N–H and O–H groups in total. The summed E-state index contributed by atoms with van der Waals surface area (Å²) in [7, 11) is 0. The Kier molecular flexibility index (Phi) is 11.1. The van der Waals surface area contributed by atoms with E-state index in [-0.39, 0.29) is 33.1 Å². The Bertz CT molecular complexity index is 29.9. The number of hydrogen-bond acceptors (Lipinski definition) is 2. The second kappa shape index (κ2) is 5.66. The molecule has 0 spiro atoms. The van der Waals surface area contributed by atoms with Gasteiger partial charge in [0.05, 0.1) is 0 Å². The minimum Gasteiger partial charge on any atom is -0.422 e. The first-order valence-electron chi connectivity index (χ1n) is 0.632. The summed E-state index contributed by atoms with van der Waals surface area (Å²) < 4.78 is 0.278. The average Bonchev–Trinajstić information content (AvgIpc) is 0.811. The molecule has 0 saturated heterocycles. The van der Waals surface area contributed by atoms with Crippen LogP contribution >= 0.6 is 24.8 Å². The first-order valence-corrected chi connectivity index (χ1v) is 1.90. The summed E-state index contributed by atoms with van der Waals surface area (Å²) in [5, 5.41) is 0. The van der Waals surface area contributed by atoms with Gasteiger partial charge in [-0.2, -0.15) is 12.6 Å². The van der Waals surface area contributed by atoms with Gasteiger partial charge in [-0.05, 0) is 0 Å². The van der Waals surface area contributed by atoms with E-state index in [2.05, 4.69) is 37.5 Å². The third-order valence-electron chi connectivity index (χ3n) is 0. The Labute approximate surface area is 69.8 Å². The topological polar surface area (TPSA) is 0 Å². The minimum absolute atomic E-state index is 0. The van der Waals surface area contributed by atoms with E-state index in [4.69, 9.17) is 0 Å². The van der Waals surface area contributed by atoms with Gasteiger partial charge in [0, 0.05) is 0 Å². The molecule has 0 aliphatic rings. The van der Waals surface area contributed by atoms with Gasteiger partial charge in [0.1, 0.15) is 0 Å². The smallest absolute Gasteiger partial charge is 0.422 e. The summed E-state index contributed by atoms with van der Waals surface area (Å²) in [6.45, 7) is 0. The number of thiocarbonyl (C=S) groups is 1. The average molecular weight is 132 g/mol. The van der Waals surface area contributed by atoms with Crippen LogP contribution in [0.3, 0.4) is 0 Å². The molecule has 0 aromatic heterocycles. The van der Waals surface area contributed by atoms with Crippen LogP contribution in [0.15, 0.2) is 0 Å². The van der Waals surface area contributed by atoms with Crippen LogP contribution < -0.4 is 29.6 Å². The van der Waals surface area contributed by atoms with Crippen molar-refractivity contribution in [2.24, 2.45) is 0 Å². The first kappa shape index (κ1) is 9.83. The zero-order valence-corrected chi connectivity index (χ0v) is 7.29. The molecule has 0 nitrogen and oxygen atoms in total. The second-order valence-electron chi connectivity index (χ2n) is 0.266. The van der Waals surface area contributed by atoms with Crippen molar-refractivity contribution < 1.29 is 29.6 Å². The molecule has 0 aliphatic carbocycles. The van der Waals surface area contributed by atoms with Crippen molar-refractivity contribution in [3.63, 3.8) is 0 Å². The Hall–Kier alpha value is 1.66. The van der Waals surface area contributed by atoms with Gasteiger partial charge in [0.2, 0.25) is 0 Å². The van der Waals surface area contributed by atoms with Crippen LogP contribution in [0.25, 0.3) is 0 Å². The molecular formula is CHNaS3. The molecular weight excluding hydrogens is 131 g/mol. The van der Waals surface area contributed by atoms with Gasteiger partial charge in [-0.3, -0.25) is 0 Å². The molecule has 0 bridgehead atoms. The van der Waals surface area contributed by atoms with E-state index < -0.39 is 0 Å². The van der Waals surface area contributed by atoms with Crippen molar-refractivity contribution in [2.45, 2.75) is 0 Å². The summed E-state index contributed by atoms with van der Waals surface area (Å²) in [6.07, 6.45) is 0. The van der Waals surface area contributed by atoms with E-state index in [9.17, 15) is 0 Å². The SMILES string of the molecule is S=C([S-])S.[Na+]. The van der Waals surface area contributed by atoms with E-state index in [1.54, 1.807) is 0 Å². The largest absolute Gasteiger partial charge is 1.00 e. The third kappa shape index (κ3) is 27.5. The molecule has 0 aromatic rings. The summed E-state index contributed by atoms with van der Waals surface area (Å²) in [6, 6.07) is 0. The van der Waals surface area contributed by atoms with E-state index in [1.807, 2.05) is 0 Å². The Morgan fingerprint density at radius 1 is 1.80 bits per heavy atom. The van der Waals surface area contributed by atoms with Crippen LogP contribution in [0.4, 0.5) is 0 Å². The number of thiol groups is 1. The standard InChI is InChI=1S/CH2S3.Na/c2-1(3)4;/h(H2,2,3,4);/q;+1/p-1. The predicted molar refractivity (Wildman–Crippen MR) is 28.9 cm³/mol. The maximum atomic E-state index is 4.22. The van der Waals surface area contributed by atoms with Crippen molar-refractivity contribution in [3.8, 4) is 0 Å². The van der Waals surface area contributed by atoms with Crippen LogP contribution in [0, 0.1) is 0 Å². The summed E-state index contributed by atoms with van der Waals surface area (Å²) in [4.78, 5) is 0. The molecule has 0 amide bonds. The minimum atomic E-state index is 0. The van der Waals surface area contributed by atoms with E-state index in [0.29, 0.717) is 0 Å². The van der Waals surface area contributed by atoms with Gasteiger partial charge >= 0.3 is 29.6 Å². The first-order chi connectivity index (χ1) is 1.73. The van der Waals surface area contributed by atoms with Crippen LogP contribution in [-0.4, -0.2) is 3.53 Å². The molecule has 0 fully saturated rings. The van der Waals surface area contributed by atoms with E-state index in [0.717, 1.165) is 0 Å². The molecule has 0 rings (SSSR count). The molecule has 24 valence electrons. The molecule has 0 saturated carbocycles. The zero-order valence-electron chi connectivity index (χ0n) is 2.76. The van der Waals surface area contributed by atoms with Gasteiger partial charge in [-0.15, -0.1) is 0 Å². The fraction of sp³-hybridized carbons (Fsp3) is 0. The van der Waals surface area contributed by atoms with Crippen LogP contribution in [0.2, 0.25) is 0 Å². The van der Waals surface area contributed by atoms with Crippen molar-refractivity contribution in [1.29, 1.82) is 0 Å².